The maximum absolute atomic E-state index is 6.33. The van der Waals surface area contributed by atoms with E-state index in [1.807, 2.05) is 30.3 Å². The summed E-state index contributed by atoms with van der Waals surface area (Å²) in [5, 5.41) is 0. The summed E-state index contributed by atoms with van der Waals surface area (Å²) >= 11 is 0. The molecule has 0 radical (unpaired) electrons. The molecule has 0 heterocycles. The van der Waals surface area contributed by atoms with E-state index in [-0.39, 0.29) is 0 Å². The molecule has 3 aromatic rings. The van der Waals surface area contributed by atoms with Crippen LogP contribution in [0.15, 0.2) is 78.9 Å². The van der Waals surface area contributed by atoms with Crippen molar-refractivity contribution in [2.75, 3.05) is 20.6 Å². The third kappa shape index (κ3) is 9.16. The number of hydrogen-bond acceptors (Lipinski definition) is 3. The fourth-order valence-electron chi connectivity index (χ4n) is 4.75. The van der Waals surface area contributed by atoms with Gasteiger partial charge in [0.2, 0.25) is 0 Å². The van der Waals surface area contributed by atoms with E-state index in [9.17, 15) is 0 Å². The summed E-state index contributed by atoms with van der Waals surface area (Å²) in [5.74, 6) is 3.10. The van der Waals surface area contributed by atoms with Crippen molar-refractivity contribution in [1.29, 1.82) is 0 Å². The third-order valence-corrected chi connectivity index (χ3v) is 6.17. The Labute approximate surface area is 213 Å². The van der Waals surface area contributed by atoms with Crippen molar-refractivity contribution < 1.29 is 4.74 Å². The van der Waals surface area contributed by atoms with Gasteiger partial charge in [0.1, 0.15) is 11.5 Å². The zero-order valence-corrected chi connectivity index (χ0v) is 22.6. The first-order valence-corrected chi connectivity index (χ1v) is 13.1. The molecule has 0 aliphatic rings. The van der Waals surface area contributed by atoms with Crippen LogP contribution in [0.4, 0.5) is 0 Å². The van der Waals surface area contributed by atoms with Crippen LogP contribution in [0.5, 0.6) is 11.5 Å². The summed E-state index contributed by atoms with van der Waals surface area (Å²) in [7, 11) is 4.36. The molecule has 0 aromatic heterocycles. The summed E-state index contributed by atoms with van der Waals surface area (Å²) in [6.07, 6.45) is 2.28. The van der Waals surface area contributed by atoms with Crippen molar-refractivity contribution in [2.24, 2.45) is 11.8 Å². The Hall–Kier alpha value is -2.62. The fourth-order valence-corrected chi connectivity index (χ4v) is 4.75. The molecule has 0 saturated carbocycles. The number of rotatable bonds is 13. The van der Waals surface area contributed by atoms with Crippen LogP contribution < -0.4 is 4.74 Å². The number of para-hydroxylation sites is 2. The second-order valence-electron chi connectivity index (χ2n) is 10.9. The minimum Gasteiger partial charge on any atom is -0.457 e. The molecule has 0 unspecified atom stereocenters. The van der Waals surface area contributed by atoms with Gasteiger partial charge in [0.15, 0.2) is 0 Å². The number of ether oxygens (including phenoxy) is 1. The van der Waals surface area contributed by atoms with Crippen molar-refractivity contribution in [3.8, 4) is 11.5 Å². The zero-order chi connectivity index (χ0) is 25.2. The first-order chi connectivity index (χ1) is 16.8. The summed E-state index contributed by atoms with van der Waals surface area (Å²) in [6, 6.07) is 28.2. The van der Waals surface area contributed by atoms with Gasteiger partial charge in [0.25, 0.3) is 0 Å². The van der Waals surface area contributed by atoms with Crippen molar-refractivity contribution in [3.05, 3.63) is 95.6 Å². The maximum Gasteiger partial charge on any atom is 0.131 e. The van der Waals surface area contributed by atoms with Gasteiger partial charge in [0.05, 0.1) is 0 Å². The number of benzene rings is 3. The molecule has 3 heteroatoms. The second-order valence-corrected chi connectivity index (χ2v) is 10.9. The highest BCUT2D eigenvalue weighted by atomic mass is 16.5. The first kappa shape index (κ1) is 27.0. The van der Waals surface area contributed by atoms with E-state index in [1.54, 1.807) is 0 Å². The average molecular weight is 473 g/mol. The first-order valence-electron chi connectivity index (χ1n) is 13.1. The van der Waals surface area contributed by atoms with E-state index in [4.69, 9.17) is 4.74 Å². The highest BCUT2D eigenvalue weighted by Gasteiger charge is 2.23. The van der Waals surface area contributed by atoms with Crippen LogP contribution in [-0.2, 0) is 19.5 Å². The predicted octanol–water partition coefficient (Wildman–Crippen LogP) is 7.66. The molecule has 0 saturated heterocycles. The molecule has 0 N–H and O–H groups in total. The number of hydrogen-bond donors (Lipinski definition) is 0. The molecule has 188 valence electrons. The minimum atomic E-state index is 0.448. The van der Waals surface area contributed by atoms with Gasteiger partial charge in [-0.1, -0.05) is 88.4 Å². The van der Waals surface area contributed by atoms with Gasteiger partial charge in [-0.15, -0.1) is 0 Å². The van der Waals surface area contributed by atoms with Crippen LogP contribution in [0, 0.1) is 11.8 Å². The van der Waals surface area contributed by atoms with Gasteiger partial charge in [-0.05, 0) is 68.1 Å². The average Bonchev–Trinajstić information content (AvgIpc) is 2.79. The highest BCUT2D eigenvalue weighted by molar-refractivity contribution is 5.38. The molecular formula is C32H44N2O. The Kier molecular flexibility index (Phi) is 10.4. The molecule has 0 aliphatic heterocycles. The van der Waals surface area contributed by atoms with E-state index in [0.29, 0.717) is 17.9 Å². The van der Waals surface area contributed by atoms with Crippen molar-refractivity contribution in [3.63, 3.8) is 0 Å². The van der Waals surface area contributed by atoms with Gasteiger partial charge >= 0.3 is 0 Å². The second kappa shape index (κ2) is 13.5. The molecule has 1 atom stereocenters. The molecule has 3 nitrogen and oxygen atoms in total. The minimum absolute atomic E-state index is 0.448. The lowest BCUT2D eigenvalue weighted by Gasteiger charge is -2.35. The largest absolute Gasteiger partial charge is 0.457 e. The van der Waals surface area contributed by atoms with E-state index in [1.165, 1.54) is 16.7 Å². The molecule has 0 amide bonds. The normalized spacial score (nSPS) is 12.6. The maximum atomic E-state index is 6.33. The molecule has 3 aromatic carbocycles. The SMILES string of the molecule is CC(C)Cc1cccc(CN(Cc2ccccc2Oc2ccccc2)[C@@H](CC(C)C)CN(C)C)c1. The molecule has 0 bridgehead atoms. The molecular weight excluding hydrogens is 428 g/mol. The van der Waals surface area contributed by atoms with E-state index < -0.39 is 0 Å². The van der Waals surface area contributed by atoms with Crippen LogP contribution in [0.1, 0.15) is 50.8 Å². The molecule has 0 fully saturated rings. The smallest absolute Gasteiger partial charge is 0.131 e. The summed E-state index contributed by atoms with van der Waals surface area (Å²) in [5.41, 5.74) is 4.04. The van der Waals surface area contributed by atoms with Gasteiger partial charge < -0.3 is 9.64 Å². The standard InChI is InChI=1S/C32H44N2O/c1-25(2)19-27-13-12-14-28(21-27)22-34(30(20-26(3)4)24-33(5)6)23-29-15-10-11-18-32(29)35-31-16-8-7-9-17-31/h7-18,21,25-26,30H,19-20,22-24H2,1-6H3/t30-/m0/s1. The molecule has 0 spiro atoms. The fraction of sp³-hybridized carbons (Fsp3) is 0.438. The monoisotopic (exact) mass is 472 g/mol. The van der Waals surface area contributed by atoms with Crippen LogP contribution in [0.25, 0.3) is 0 Å². The Balaban J connectivity index is 1.91. The van der Waals surface area contributed by atoms with Gasteiger partial charge in [-0.3, -0.25) is 4.90 Å². The lowest BCUT2D eigenvalue weighted by atomic mass is 9.98. The van der Waals surface area contributed by atoms with E-state index in [0.717, 1.165) is 44.0 Å². The van der Waals surface area contributed by atoms with Crippen LogP contribution in [0.3, 0.4) is 0 Å². The quantitative estimate of drug-likeness (QED) is 0.254. The third-order valence-electron chi connectivity index (χ3n) is 6.17. The van der Waals surface area contributed by atoms with Crippen molar-refractivity contribution in [1.82, 2.24) is 9.80 Å². The van der Waals surface area contributed by atoms with Crippen molar-refractivity contribution >= 4 is 0 Å². The highest BCUT2D eigenvalue weighted by Crippen LogP contribution is 2.28. The van der Waals surface area contributed by atoms with Crippen LogP contribution in [-0.4, -0.2) is 36.5 Å². The summed E-state index contributed by atoms with van der Waals surface area (Å²) in [6.45, 7) is 12.1. The van der Waals surface area contributed by atoms with E-state index in [2.05, 4.69) is 100 Å². The summed E-state index contributed by atoms with van der Waals surface area (Å²) in [4.78, 5) is 4.98. The Bertz CT molecular complexity index is 1000. The van der Waals surface area contributed by atoms with Crippen molar-refractivity contribution in [2.45, 2.75) is 59.7 Å². The number of nitrogens with zero attached hydrogens (tertiary/aromatic N) is 2. The lowest BCUT2D eigenvalue weighted by molar-refractivity contribution is 0.126. The molecule has 35 heavy (non-hydrogen) atoms. The van der Waals surface area contributed by atoms with E-state index >= 15 is 0 Å². The van der Waals surface area contributed by atoms with Crippen LogP contribution >= 0.6 is 0 Å². The zero-order valence-electron chi connectivity index (χ0n) is 22.6. The molecule has 0 aliphatic carbocycles. The van der Waals surface area contributed by atoms with Crippen LogP contribution in [0.2, 0.25) is 0 Å². The molecule has 3 rings (SSSR count). The van der Waals surface area contributed by atoms with Gasteiger partial charge in [0, 0.05) is 31.2 Å². The topological polar surface area (TPSA) is 15.7 Å². The predicted molar refractivity (Wildman–Crippen MR) is 149 cm³/mol. The Morgan fingerprint density at radius 3 is 2.09 bits per heavy atom. The van der Waals surface area contributed by atoms with Gasteiger partial charge in [-0.2, -0.15) is 0 Å². The Morgan fingerprint density at radius 2 is 1.40 bits per heavy atom. The number of likely N-dealkylation sites (N-methyl/N-ethyl adjacent to an activating group) is 1. The Morgan fingerprint density at radius 1 is 0.714 bits per heavy atom. The lowest BCUT2D eigenvalue weighted by Crippen LogP contribution is -2.42. The van der Waals surface area contributed by atoms with Gasteiger partial charge in [-0.25, -0.2) is 0 Å². The summed E-state index contributed by atoms with van der Waals surface area (Å²) < 4.78 is 6.33.